The quantitative estimate of drug-likeness (QED) is 0.605. The van der Waals surface area contributed by atoms with Gasteiger partial charge >= 0.3 is 0 Å². The van der Waals surface area contributed by atoms with Crippen molar-refractivity contribution in [3.05, 3.63) is 0 Å². The van der Waals surface area contributed by atoms with Gasteiger partial charge < -0.3 is 10.8 Å². The van der Waals surface area contributed by atoms with Crippen molar-refractivity contribution in [2.75, 3.05) is 12.3 Å². The summed E-state index contributed by atoms with van der Waals surface area (Å²) in [7, 11) is -2.27. The Morgan fingerprint density at radius 2 is 1.86 bits per heavy atom. The SMILES string of the molecule is Cl.NCC1(O)CCC(C[SH](=O)=O)CC1. The molecule has 0 heterocycles. The van der Waals surface area contributed by atoms with Gasteiger partial charge in [-0.3, -0.25) is 0 Å². The van der Waals surface area contributed by atoms with Crippen molar-refractivity contribution < 1.29 is 13.5 Å². The number of thiol groups is 1. The molecule has 0 aliphatic heterocycles. The second kappa shape index (κ2) is 5.90. The molecular formula is C8H18ClNO3S. The van der Waals surface area contributed by atoms with E-state index in [1.807, 2.05) is 0 Å². The van der Waals surface area contributed by atoms with Gasteiger partial charge in [-0.05, 0) is 31.6 Å². The minimum atomic E-state index is -2.27. The lowest BCUT2D eigenvalue weighted by Gasteiger charge is -2.34. The van der Waals surface area contributed by atoms with Gasteiger partial charge in [-0.25, -0.2) is 8.42 Å². The van der Waals surface area contributed by atoms with Crippen molar-refractivity contribution in [2.45, 2.75) is 31.3 Å². The maximum atomic E-state index is 10.4. The number of rotatable bonds is 3. The summed E-state index contributed by atoms with van der Waals surface area (Å²) in [6.07, 6.45) is 2.82. The third-order valence-corrected chi connectivity index (χ3v) is 3.64. The first-order valence-electron chi connectivity index (χ1n) is 4.60. The summed E-state index contributed by atoms with van der Waals surface area (Å²) in [6.45, 7) is 0.281. The van der Waals surface area contributed by atoms with E-state index in [9.17, 15) is 13.5 Å². The third kappa shape index (κ3) is 4.13. The Balaban J connectivity index is 0.00000169. The topological polar surface area (TPSA) is 80.4 Å². The van der Waals surface area contributed by atoms with Gasteiger partial charge in [0.15, 0.2) is 0 Å². The fraction of sp³-hybridized carbons (Fsp3) is 1.00. The van der Waals surface area contributed by atoms with Gasteiger partial charge in [0.05, 0.1) is 11.4 Å². The molecule has 0 radical (unpaired) electrons. The molecular weight excluding hydrogens is 226 g/mol. The number of halogens is 1. The van der Waals surface area contributed by atoms with E-state index in [4.69, 9.17) is 5.73 Å². The lowest BCUT2D eigenvalue weighted by atomic mass is 9.80. The molecule has 86 valence electrons. The van der Waals surface area contributed by atoms with Crippen molar-refractivity contribution in [3.8, 4) is 0 Å². The minimum Gasteiger partial charge on any atom is -0.389 e. The van der Waals surface area contributed by atoms with E-state index in [-0.39, 0.29) is 30.6 Å². The Morgan fingerprint density at radius 1 is 1.36 bits per heavy atom. The molecule has 0 atom stereocenters. The van der Waals surface area contributed by atoms with Crippen LogP contribution in [0.15, 0.2) is 0 Å². The van der Waals surface area contributed by atoms with Gasteiger partial charge in [0.2, 0.25) is 0 Å². The highest BCUT2D eigenvalue weighted by molar-refractivity contribution is 7.72. The maximum absolute atomic E-state index is 10.4. The Kier molecular flexibility index (Phi) is 5.97. The fourth-order valence-corrected chi connectivity index (χ4v) is 2.60. The summed E-state index contributed by atoms with van der Waals surface area (Å²) in [4.78, 5) is 0. The molecule has 1 rings (SSSR count). The van der Waals surface area contributed by atoms with Crippen LogP contribution in [0.2, 0.25) is 0 Å². The van der Waals surface area contributed by atoms with Crippen molar-refractivity contribution >= 4 is 23.1 Å². The Labute approximate surface area is 92.2 Å². The molecule has 0 amide bonds. The van der Waals surface area contributed by atoms with Crippen LogP contribution in [-0.4, -0.2) is 31.4 Å². The molecule has 3 N–H and O–H groups in total. The maximum Gasteiger partial charge on any atom is 0.140 e. The van der Waals surface area contributed by atoms with E-state index in [1.54, 1.807) is 0 Å². The van der Waals surface area contributed by atoms with Crippen LogP contribution in [0.25, 0.3) is 0 Å². The molecule has 6 heteroatoms. The summed E-state index contributed by atoms with van der Waals surface area (Å²) in [5.41, 5.74) is 4.68. The molecule has 1 aliphatic rings. The highest BCUT2D eigenvalue weighted by atomic mass is 35.5. The first-order chi connectivity index (χ1) is 6.06. The lowest BCUT2D eigenvalue weighted by Crippen LogP contribution is -2.41. The lowest BCUT2D eigenvalue weighted by molar-refractivity contribution is 0.00170. The molecule has 0 saturated heterocycles. The summed E-state index contributed by atoms with van der Waals surface area (Å²) >= 11 is 0. The number of aliphatic hydroxyl groups is 1. The molecule has 1 fully saturated rings. The minimum absolute atomic E-state index is 0. The predicted octanol–water partition coefficient (Wildman–Crippen LogP) is -0.100. The van der Waals surface area contributed by atoms with E-state index in [0.717, 1.165) is 12.8 Å². The van der Waals surface area contributed by atoms with E-state index in [1.165, 1.54) is 0 Å². The number of hydrogen-bond donors (Lipinski definition) is 3. The summed E-state index contributed by atoms with van der Waals surface area (Å²) in [5.74, 6) is 0.489. The standard InChI is InChI=1S/C8H17NO3S.ClH/c9-6-8(10)3-1-7(2-4-8)5-13(11)12;/h7,10,13H,1-6,9H2;1H. The van der Waals surface area contributed by atoms with Gasteiger partial charge in [-0.15, -0.1) is 12.4 Å². The molecule has 0 aromatic heterocycles. The first-order valence-corrected chi connectivity index (χ1v) is 5.96. The van der Waals surface area contributed by atoms with Gasteiger partial charge in [0.25, 0.3) is 0 Å². The largest absolute Gasteiger partial charge is 0.389 e. The summed E-state index contributed by atoms with van der Waals surface area (Å²) in [5, 5.41) is 9.76. The average Bonchev–Trinajstić information content (AvgIpc) is 2.09. The van der Waals surface area contributed by atoms with Crippen LogP contribution in [0, 0.1) is 5.92 Å². The number of hydrogen-bond acceptors (Lipinski definition) is 4. The van der Waals surface area contributed by atoms with Crippen molar-refractivity contribution in [1.29, 1.82) is 0 Å². The van der Waals surface area contributed by atoms with Crippen LogP contribution in [0.4, 0.5) is 0 Å². The highest BCUT2D eigenvalue weighted by Gasteiger charge is 2.31. The number of nitrogens with two attached hydrogens (primary N) is 1. The summed E-state index contributed by atoms with van der Waals surface area (Å²) in [6, 6.07) is 0. The van der Waals surface area contributed by atoms with Gasteiger partial charge in [-0.1, -0.05) is 0 Å². The van der Waals surface area contributed by atoms with Crippen LogP contribution in [0.3, 0.4) is 0 Å². The van der Waals surface area contributed by atoms with E-state index < -0.39 is 16.3 Å². The molecule has 0 unspecified atom stereocenters. The summed E-state index contributed by atoms with van der Waals surface area (Å²) < 4.78 is 20.9. The fourth-order valence-electron chi connectivity index (χ4n) is 1.81. The first kappa shape index (κ1) is 14.2. The normalized spacial score (nSPS) is 32.6. The van der Waals surface area contributed by atoms with E-state index in [2.05, 4.69) is 0 Å². The molecule has 0 aromatic rings. The molecule has 0 aromatic carbocycles. The second-order valence-electron chi connectivity index (χ2n) is 3.89. The highest BCUT2D eigenvalue weighted by Crippen LogP contribution is 2.31. The zero-order valence-electron chi connectivity index (χ0n) is 8.02. The third-order valence-electron chi connectivity index (χ3n) is 2.82. The van der Waals surface area contributed by atoms with Gasteiger partial charge in [0, 0.05) is 6.54 Å². The van der Waals surface area contributed by atoms with Crippen LogP contribution >= 0.6 is 12.4 Å². The predicted molar refractivity (Wildman–Crippen MR) is 58.4 cm³/mol. The molecule has 0 spiro atoms. The Bertz CT molecular complexity index is 229. The average molecular weight is 244 g/mol. The monoisotopic (exact) mass is 243 g/mol. The Morgan fingerprint density at radius 3 is 2.21 bits per heavy atom. The Hall–Kier alpha value is 0.160. The van der Waals surface area contributed by atoms with Crippen LogP contribution in [0.1, 0.15) is 25.7 Å². The van der Waals surface area contributed by atoms with Crippen LogP contribution < -0.4 is 5.73 Å². The molecule has 4 nitrogen and oxygen atoms in total. The zero-order valence-corrected chi connectivity index (χ0v) is 9.73. The van der Waals surface area contributed by atoms with Crippen LogP contribution in [0.5, 0.6) is 0 Å². The van der Waals surface area contributed by atoms with Crippen molar-refractivity contribution in [1.82, 2.24) is 0 Å². The molecule has 1 aliphatic carbocycles. The van der Waals surface area contributed by atoms with E-state index in [0.29, 0.717) is 12.8 Å². The molecule has 0 bridgehead atoms. The van der Waals surface area contributed by atoms with Crippen molar-refractivity contribution in [2.24, 2.45) is 11.7 Å². The van der Waals surface area contributed by atoms with Crippen molar-refractivity contribution in [3.63, 3.8) is 0 Å². The van der Waals surface area contributed by atoms with Gasteiger partial charge in [-0.2, -0.15) is 0 Å². The smallest absolute Gasteiger partial charge is 0.140 e. The van der Waals surface area contributed by atoms with E-state index >= 15 is 0 Å². The zero-order chi connectivity index (χ0) is 9.90. The second-order valence-corrected chi connectivity index (χ2v) is 4.92. The molecule has 14 heavy (non-hydrogen) atoms. The van der Waals surface area contributed by atoms with Crippen LogP contribution in [-0.2, 0) is 10.7 Å². The van der Waals surface area contributed by atoms with Gasteiger partial charge in [0.1, 0.15) is 10.7 Å². The molecule has 1 saturated carbocycles.